The van der Waals surface area contributed by atoms with Crippen molar-refractivity contribution in [1.82, 2.24) is 0 Å². The molecule has 0 aromatic heterocycles. The molecule has 4 heteroatoms. The van der Waals surface area contributed by atoms with Gasteiger partial charge in [-0.2, -0.15) is 0 Å². The Morgan fingerprint density at radius 2 is 1.35 bits per heavy atom. The predicted molar refractivity (Wildman–Crippen MR) is 81.1 cm³/mol. The third-order valence-corrected chi connectivity index (χ3v) is 4.08. The van der Waals surface area contributed by atoms with Crippen LogP contribution in [0.2, 0.25) is 6.55 Å². The van der Waals surface area contributed by atoms with Crippen LogP contribution in [0.15, 0.2) is 12.3 Å². The average Bonchev–Trinajstić information content (AvgIpc) is 2.29. The van der Waals surface area contributed by atoms with Gasteiger partial charge in [0.25, 0.3) is 0 Å². The average molecular weight is 269 g/mol. The molecule has 0 atom stereocenters. The summed E-state index contributed by atoms with van der Waals surface area (Å²) in [7, 11) is -0.916. The number of hydrogen-bond donors (Lipinski definition) is 0. The maximum atomic E-state index is 5.40. The van der Waals surface area contributed by atoms with E-state index in [1.54, 1.807) is 0 Å². The van der Waals surface area contributed by atoms with Crippen molar-refractivity contribution in [2.75, 3.05) is 0 Å². The van der Waals surface area contributed by atoms with Crippen molar-refractivity contribution in [3.05, 3.63) is 12.3 Å². The van der Waals surface area contributed by atoms with Crippen LogP contribution in [0.25, 0.3) is 0 Å². The van der Waals surface area contributed by atoms with E-state index in [0.717, 1.165) is 0 Å². The molecule has 0 aliphatic rings. The zero-order valence-electron chi connectivity index (χ0n) is 11.7. The van der Waals surface area contributed by atoms with Gasteiger partial charge in [-0.3, -0.25) is 0 Å². The summed E-state index contributed by atoms with van der Waals surface area (Å²) in [6, 6.07) is 0. The van der Waals surface area contributed by atoms with Gasteiger partial charge in [-0.15, -0.1) is 25.1 Å². The molecule has 0 unspecified atom stereocenters. The molecule has 0 aromatic carbocycles. The van der Waals surface area contributed by atoms with Gasteiger partial charge in [0.15, 0.2) is 0 Å². The maximum Gasteiger partial charge on any atom is 0.306 e. The lowest BCUT2D eigenvalue weighted by molar-refractivity contribution is 0.0878. The van der Waals surface area contributed by atoms with Crippen LogP contribution in [0.1, 0.15) is 27.7 Å². The van der Waals surface area contributed by atoms with Crippen molar-refractivity contribution in [1.29, 1.82) is 0 Å². The minimum Gasteiger partial charge on any atom is -0.382 e. The van der Waals surface area contributed by atoms with Crippen LogP contribution in [-0.4, -0.2) is 30.7 Å². The Bertz CT molecular complexity index is 270. The molecule has 0 aromatic rings. The summed E-state index contributed by atoms with van der Waals surface area (Å²) in [4.78, 5) is 0. The van der Waals surface area contributed by atoms with Crippen molar-refractivity contribution in [2.24, 2.45) is 0 Å². The van der Waals surface area contributed by atoms with Gasteiger partial charge in [0.05, 0.1) is 0 Å². The lowest BCUT2D eigenvalue weighted by Gasteiger charge is -2.23. The molecule has 17 heavy (non-hydrogen) atoms. The van der Waals surface area contributed by atoms with E-state index in [1.165, 1.54) is 0 Å². The highest BCUT2D eigenvalue weighted by atomic mass is 28.3. The molecule has 0 saturated carbocycles. The van der Waals surface area contributed by atoms with Crippen LogP contribution >= 0.6 is 0 Å². The van der Waals surface area contributed by atoms with Crippen LogP contribution in [0.3, 0.4) is 0 Å². The Morgan fingerprint density at radius 1 is 1.06 bits per heavy atom. The smallest absolute Gasteiger partial charge is 0.306 e. The summed E-state index contributed by atoms with van der Waals surface area (Å²) >= 11 is 0. The minimum absolute atomic E-state index is 0.188. The van der Waals surface area contributed by atoms with E-state index < -0.39 is 21.2 Å². The first-order chi connectivity index (χ1) is 7.74. The number of rotatable bonds is 5. The summed E-state index contributed by atoms with van der Waals surface area (Å²) in [5.41, 5.74) is 0.924. The zero-order valence-corrected chi connectivity index (χ0v) is 14.5. The summed E-state index contributed by atoms with van der Waals surface area (Å²) in [6.45, 7) is 13.0. The quantitative estimate of drug-likeness (QED) is 0.551. The first kappa shape index (κ1) is 18.6. The fourth-order valence-electron chi connectivity index (χ4n) is 0.407. The van der Waals surface area contributed by atoms with Crippen molar-refractivity contribution < 1.29 is 8.85 Å². The molecule has 0 saturated heterocycles. The van der Waals surface area contributed by atoms with E-state index in [0.29, 0.717) is 0 Å². The van der Waals surface area contributed by atoms with Gasteiger partial charge in [0.2, 0.25) is 0 Å². The van der Waals surface area contributed by atoms with E-state index >= 15 is 0 Å². The molecule has 0 amide bonds. The Kier molecular flexibility index (Phi) is 10.1. The Labute approximate surface area is 111 Å². The van der Waals surface area contributed by atoms with Gasteiger partial charge in [0, 0.05) is 9.52 Å². The predicted octanol–water partition coefficient (Wildman–Crippen LogP) is 1.19. The molecule has 0 aliphatic carbocycles. The van der Waals surface area contributed by atoms with E-state index in [2.05, 4.69) is 25.0 Å². The molecule has 0 heterocycles. The van der Waals surface area contributed by atoms with Crippen molar-refractivity contribution in [3.63, 3.8) is 0 Å². The zero-order chi connectivity index (χ0) is 13.9. The van der Waals surface area contributed by atoms with Gasteiger partial charge in [-0.05, 0) is 27.7 Å². The van der Waals surface area contributed by atoms with E-state index in [9.17, 15) is 0 Å². The highest BCUT2D eigenvalue weighted by Crippen LogP contribution is 2.09. The summed E-state index contributed by atoms with van der Waals surface area (Å²) in [5, 5.41) is 0. The molecule has 0 bridgehead atoms. The standard InChI is InChI=1S/C10H16O2Si.C3H8Si/c1-7-9(3,4)11-13-12-10(5,6)8-2;1-3-4-2/h1-2H,13H2,3-6H3;3H,1,4H2,2H3. The third-order valence-electron chi connectivity index (χ3n) is 1.82. The van der Waals surface area contributed by atoms with Gasteiger partial charge < -0.3 is 8.85 Å². The second-order valence-corrected chi connectivity index (χ2v) is 6.62. The molecule has 2 nitrogen and oxygen atoms in total. The van der Waals surface area contributed by atoms with Crippen LogP contribution in [0.4, 0.5) is 0 Å². The molecule has 0 radical (unpaired) electrons. The lowest BCUT2D eigenvalue weighted by Crippen LogP contribution is -2.31. The topological polar surface area (TPSA) is 18.5 Å². The minimum atomic E-state index is -1.10. The summed E-state index contributed by atoms with van der Waals surface area (Å²) in [5.74, 6) is 5.05. The van der Waals surface area contributed by atoms with Gasteiger partial charge in [-0.25, -0.2) is 0 Å². The number of terminal acetylenes is 2. The highest BCUT2D eigenvalue weighted by Gasteiger charge is 2.18. The van der Waals surface area contributed by atoms with Gasteiger partial charge in [0.1, 0.15) is 11.2 Å². The molecule has 0 fully saturated rings. The van der Waals surface area contributed by atoms with Crippen LogP contribution in [-0.2, 0) is 8.85 Å². The first-order valence-corrected chi connectivity index (χ1v) is 8.97. The third kappa shape index (κ3) is 13.1. The number of hydrogen-bond acceptors (Lipinski definition) is 2. The van der Waals surface area contributed by atoms with Crippen molar-refractivity contribution in [2.45, 2.75) is 45.4 Å². The monoisotopic (exact) mass is 268 g/mol. The van der Waals surface area contributed by atoms with Gasteiger partial charge >= 0.3 is 10.0 Å². The van der Waals surface area contributed by atoms with Crippen LogP contribution in [0.5, 0.6) is 0 Å². The highest BCUT2D eigenvalue weighted by molar-refractivity contribution is 6.39. The first-order valence-electron chi connectivity index (χ1n) is 5.59. The summed E-state index contributed by atoms with van der Waals surface area (Å²) in [6.07, 6.45) is 10.5. The van der Waals surface area contributed by atoms with Gasteiger partial charge in [-0.1, -0.05) is 18.4 Å². The maximum absolute atomic E-state index is 5.40. The van der Waals surface area contributed by atoms with Crippen LogP contribution in [0, 0.1) is 24.7 Å². The molecule has 0 rings (SSSR count). The van der Waals surface area contributed by atoms with Crippen molar-refractivity contribution in [3.8, 4) is 24.7 Å². The van der Waals surface area contributed by atoms with Crippen molar-refractivity contribution >= 4 is 19.5 Å². The Balaban J connectivity index is 0. The summed E-state index contributed by atoms with van der Waals surface area (Å²) < 4.78 is 10.8. The van der Waals surface area contributed by atoms with Crippen LogP contribution < -0.4 is 0 Å². The normalized spacial score (nSPS) is 11.2. The molecular weight excluding hydrogens is 244 g/mol. The fraction of sp³-hybridized carbons (Fsp3) is 0.538. The Hall–Kier alpha value is -0.786. The second kappa shape index (κ2) is 9.27. The molecule has 0 aliphatic heterocycles. The fourth-order valence-corrected chi connectivity index (χ4v) is 1.22. The van der Waals surface area contributed by atoms with E-state index in [4.69, 9.17) is 21.7 Å². The molecular formula is C13H24O2Si2. The van der Waals surface area contributed by atoms with E-state index in [-0.39, 0.29) is 9.52 Å². The molecule has 0 N–H and O–H groups in total. The largest absolute Gasteiger partial charge is 0.382 e. The second-order valence-electron chi connectivity index (χ2n) is 4.41. The lowest BCUT2D eigenvalue weighted by atomic mass is 10.2. The molecule has 0 spiro atoms. The molecule has 96 valence electrons. The van der Waals surface area contributed by atoms with E-state index in [1.807, 2.05) is 33.4 Å². The Morgan fingerprint density at radius 3 is 1.53 bits per heavy atom. The SMILES string of the molecule is C#CC(C)(C)O[SiH2]OC(C)(C)C#C.C=C[SiH2]C.